The lowest BCUT2D eigenvalue weighted by Gasteiger charge is -2.22. The van der Waals surface area contributed by atoms with Crippen LogP contribution in [0.5, 0.6) is 23.0 Å². The lowest BCUT2D eigenvalue weighted by Crippen LogP contribution is -2.28. The Morgan fingerprint density at radius 2 is 0.672 bits per heavy atom. The SMILES string of the molecule is Cc1cnc(C(=O)Nc2cc(OCCC3CCNCC3)cc3cccnc23)cn1.Cc1cnc(C(=O)Nc2ccc3ncccc3c2)cn1.NCCOc1cc(NC(=O)c2ncccn2)c2ncccc2c1.O=C(Nc1cc(OCCC2CCNCC2)cc2cccnc12)c1cnccn1.O=C(Nc1cc(OCCC2CCNCC2)cc2cccnc12)c1ncccn1. The number of benzene rings is 5. The third kappa shape index (κ3) is 26.0. The smallest absolute Gasteiger partial charge is 0.293 e. The van der Waals surface area contributed by atoms with Crippen molar-refractivity contribution in [1.82, 2.24) is 90.7 Å². The van der Waals surface area contributed by atoms with Crippen LogP contribution in [0.3, 0.4) is 0 Å². The molecule has 5 amide bonds. The molecule has 0 radical (unpaired) electrons. The molecule has 13 heterocycles. The minimum absolute atomic E-state index is 0.0878. The summed E-state index contributed by atoms with van der Waals surface area (Å²) in [4.78, 5) is 124. The summed E-state index contributed by atoms with van der Waals surface area (Å²) in [5.74, 6) is 3.40. The van der Waals surface area contributed by atoms with Crippen LogP contribution >= 0.6 is 0 Å². The number of hydrogen-bond acceptors (Lipinski definition) is 28. The Hall–Kier alpha value is -15.1. The fourth-order valence-electron chi connectivity index (χ4n) is 14.4. The van der Waals surface area contributed by atoms with Gasteiger partial charge in [0.1, 0.15) is 46.7 Å². The van der Waals surface area contributed by atoms with Crippen LogP contribution < -0.4 is 67.2 Å². The molecule has 0 saturated carbocycles. The first-order valence-electron chi connectivity index (χ1n) is 42.5. The fraction of sp³-hybridized carbons (Fsp3) is 0.263. The number of fused-ring (bicyclic) bond motifs is 5. The number of ether oxygens (including phenoxy) is 4. The maximum Gasteiger partial charge on any atom is 0.293 e. The van der Waals surface area contributed by atoms with Crippen molar-refractivity contribution in [3.05, 3.63) is 279 Å². The third-order valence-corrected chi connectivity index (χ3v) is 21.1. The van der Waals surface area contributed by atoms with Crippen LogP contribution in [0.4, 0.5) is 28.4 Å². The van der Waals surface area contributed by atoms with Crippen LogP contribution in [-0.2, 0) is 0 Å². The van der Waals surface area contributed by atoms with Crippen molar-refractivity contribution >= 4 is 112 Å². The molecule has 3 fully saturated rings. The number of hydrogen-bond donors (Lipinski definition) is 9. The van der Waals surface area contributed by atoms with Gasteiger partial charge in [-0.3, -0.25) is 63.8 Å². The average molecular weight is 1720 g/mol. The molecule has 0 bridgehead atoms. The molecule has 15 aromatic rings. The van der Waals surface area contributed by atoms with Gasteiger partial charge in [0.05, 0.1) is 100 Å². The molecule has 33 nitrogen and oxygen atoms in total. The number of piperidine rings is 3. The molecular weight excluding hydrogens is 1620 g/mol. The molecule has 3 aliphatic heterocycles. The van der Waals surface area contributed by atoms with E-state index in [1.165, 1.54) is 81.9 Å². The van der Waals surface area contributed by atoms with E-state index in [1.54, 1.807) is 74.0 Å². The Balaban J connectivity index is 0.000000130. The summed E-state index contributed by atoms with van der Waals surface area (Å²) in [5.41, 5.74) is 14.5. The summed E-state index contributed by atoms with van der Waals surface area (Å²) in [6.07, 6.45) is 35.5. The molecule has 10 aromatic heterocycles. The van der Waals surface area contributed by atoms with E-state index < -0.39 is 5.91 Å². The number of nitrogens with zero attached hydrogens (tertiary/aromatic N) is 15. The number of nitrogens with two attached hydrogens (primary N) is 1. The van der Waals surface area contributed by atoms with Crippen molar-refractivity contribution in [2.75, 3.05) is 98.8 Å². The summed E-state index contributed by atoms with van der Waals surface area (Å²) in [6.45, 7) is 13.0. The zero-order valence-corrected chi connectivity index (χ0v) is 70.9. The Morgan fingerprint density at radius 1 is 0.328 bits per heavy atom. The molecule has 0 aliphatic carbocycles. The quantitative estimate of drug-likeness (QED) is 0.0257. The minimum atomic E-state index is -0.409. The molecule has 0 atom stereocenters. The van der Waals surface area contributed by atoms with Gasteiger partial charge in [-0.25, -0.2) is 34.9 Å². The molecule has 0 unspecified atom stereocenters. The van der Waals surface area contributed by atoms with Gasteiger partial charge >= 0.3 is 0 Å². The second-order valence-corrected chi connectivity index (χ2v) is 30.3. The van der Waals surface area contributed by atoms with Crippen molar-refractivity contribution in [3.8, 4) is 23.0 Å². The minimum Gasteiger partial charge on any atom is -0.493 e. The molecule has 3 aliphatic rings. The molecule has 3 saturated heterocycles. The van der Waals surface area contributed by atoms with E-state index in [2.05, 4.69) is 117 Å². The third-order valence-electron chi connectivity index (χ3n) is 21.1. The molecule has 18 rings (SSSR count). The topological polar surface area (TPSA) is 438 Å². The zero-order valence-electron chi connectivity index (χ0n) is 70.9. The summed E-state index contributed by atoms with van der Waals surface area (Å²) in [5, 5.41) is 29.0. The van der Waals surface area contributed by atoms with E-state index in [1.807, 2.05) is 135 Å². The predicted octanol–water partition coefficient (Wildman–Crippen LogP) is 13.6. The molecule has 33 heteroatoms. The number of pyridine rings is 5. The maximum atomic E-state index is 12.6. The number of carbonyl (C=O) groups excluding carboxylic acids is 5. The Bertz CT molecular complexity index is 6050. The first-order chi connectivity index (χ1) is 62.8. The summed E-state index contributed by atoms with van der Waals surface area (Å²) in [7, 11) is 0. The van der Waals surface area contributed by atoms with Gasteiger partial charge in [0.2, 0.25) is 11.6 Å². The van der Waals surface area contributed by atoms with Gasteiger partial charge < -0.3 is 67.2 Å². The van der Waals surface area contributed by atoms with E-state index in [4.69, 9.17) is 24.7 Å². The maximum absolute atomic E-state index is 12.6. The van der Waals surface area contributed by atoms with Gasteiger partial charge in [-0.2, -0.15) is 0 Å². The van der Waals surface area contributed by atoms with E-state index in [9.17, 15) is 24.0 Å². The highest BCUT2D eigenvalue weighted by Gasteiger charge is 2.22. The van der Waals surface area contributed by atoms with Crippen LogP contribution in [0.15, 0.2) is 239 Å². The molecule has 10 N–H and O–H groups in total. The van der Waals surface area contributed by atoms with Gasteiger partial charge in [0.25, 0.3) is 29.5 Å². The van der Waals surface area contributed by atoms with Crippen molar-refractivity contribution < 1.29 is 42.9 Å². The molecule has 5 aromatic carbocycles. The lowest BCUT2D eigenvalue weighted by atomic mass is 9.95. The van der Waals surface area contributed by atoms with Crippen LogP contribution in [0.1, 0.15) is 122 Å². The van der Waals surface area contributed by atoms with E-state index >= 15 is 0 Å². The first kappa shape index (κ1) is 89.2. The Labute approximate surface area is 738 Å². The van der Waals surface area contributed by atoms with Gasteiger partial charge in [0.15, 0.2) is 0 Å². The standard InChI is InChI=1S/C22H25N5O2.2C21H23N5O2.C16H15N5O2.C15H12N4O/c1-15-13-26-20(14-25-15)22(28)27-19-12-18(11-17-3-2-7-24-21(17)19)29-10-6-16-4-8-23-9-5-16;27-21(20-24-8-2-9-25-20)26-18-14-17(13-16-3-1-7-23-19(16)18)28-12-6-15-4-10-22-11-5-15;27-21(19-14-23-9-10-24-19)26-18-13-17(12-16-2-1-6-25-20(16)18)28-11-5-15-3-7-22-8-4-15;17-4-8-23-12-9-11-3-1-5-18-14(11)13(10-12)21-16(22)15-19-6-2-7-20-15;1-10-8-18-14(9-17-10)15(20)19-12-4-5-13-11(7-12)3-2-6-16-13/h2-3,7,11-14,16,23H,4-6,8-10H2,1H3,(H,27,28);1-3,7-9,13-15,22H,4-6,10-12H2,(H,26,27);1-2,6,9-10,12-15,22H,3-5,7-8,11H2,(H,26,27);1-3,5-7,9-10H,4,8,17H2,(H,21,22);2-9H,1H3,(H,19,20). The average Bonchev–Trinajstić information content (AvgIpc) is 0.823. The predicted molar refractivity (Wildman–Crippen MR) is 490 cm³/mol. The molecule has 652 valence electrons. The number of aromatic nitrogens is 15. The largest absolute Gasteiger partial charge is 0.493 e. The lowest BCUT2D eigenvalue weighted by molar-refractivity contribution is 0.100. The van der Waals surface area contributed by atoms with Gasteiger partial charge in [0, 0.05) is 144 Å². The van der Waals surface area contributed by atoms with Crippen LogP contribution in [0.25, 0.3) is 54.5 Å². The van der Waals surface area contributed by atoms with E-state index in [-0.39, 0.29) is 46.7 Å². The number of carbonyl (C=O) groups is 5. The van der Waals surface area contributed by atoms with Crippen LogP contribution in [0.2, 0.25) is 0 Å². The van der Waals surface area contributed by atoms with Crippen LogP contribution in [0, 0.1) is 31.6 Å². The fourth-order valence-corrected chi connectivity index (χ4v) is 14.4. The number of anilines is 5. The normalized spacial score (nSPS) is 13.3. The number of nitrogens with one attached hydrogen (secondary N) is 8. The van der Waals surface area contributed by atoms with Gasteiger partial charge in [-0.1, -0.05) is 30.3 Å². The molecular formula is C95H98N24O9. The van der Waals surface area contributed by atoms with E-state index in [0.29, 0.717) is 113 Å². The second-order valence-electron chi connectivity index (χ2n) is 30.3. The summed E-state index contributed by atoms with van der Waals surface area (Å²) in [6, 6.07) is 42.8. The van der Waals surface area contributed by atoms with Gasteiger partial charge in [-0.15, -0.1) is 0 Å². The molecule has 128 heavy (non-hydrogen) atoms. The number of rotatable bonds is 25. The first-order valence-corrected chi connectivity index (χ1v) is 42.5. The monoisotopic (exact) mass is 1720 g/mol. The van der Waals surface area contributed by atoms with Crippen molar-refractivity contribution in [1.29, 1.82) is 0 Å². The van der Waals surface area contributed by atoms with Gasteiger partial charge in [-0.05, 0) is 214 Å². The second kappa shape index (κ2) is 46.1. The van der Waals surface area contributed by atoms with Crippen molar-refractivity contribution in [3.63, 3.8) is 0 Å². The highest BCUT2D eigenvalue weighted by Crippen LogP contribution is 2.34. The highest BCUT2D eigenvalue weighted by molar-refractivity contribution is 6.10. The van der Waals surface area contributed by atoms with E-state index in [0.717, 1.165) is 120 Å². The number of aryl methyl sites for hydroxylation is 2. The number of amides is 5. The van der Waals surface area contributed by atoms with Crippen molar-refractivity contribution in [2.45, 2.75) is 71.6 Å². The highest BCUT2D eigenvalue weighted by atomic mass is 16.5. The van der Waals surface area contributed by atoms with Crippen LogP contribution in [-0.4, -0.2) is 177 Å². The summed E-state index contributed by atoms with van der Waals surface area (Å²) < 4.78 is 23.6. The Kier molecular flexibility index (Phi) is 32.1. The Morgan fingerprint density at radius 3 is 1.03 bits per heavy atom. The summed E-state index contributed by atoms with van der Waals surface area (Å²) >= 11 is 0. The van der Waals surface area contributed by atoms with Crippen molar-refractivity contribution in [2.24, 2.45) is 23.5 Å². The molecule has 0 spiro atoms. The zero-order chi connectivity index (χ0) is 88.4.